The van der Waals surface area contributed by atoms with Crippen molar-refractivity contribution in [3.63, 3.8) is 0 Å². The van der Waals surface area contributed by atoms with Gasteiger partial charge in [0.1, 0.15) is 17.3 Å². The van der Waals surface area contributed by atoms with E-state index in [2.05, 4.69) is 15.0 Å². The first-order chi connectivity index (χ1) is 16.9. The predicted molar refractivity (Wildman–Crippen MR) is 128 cm³/mol. The van der Waals surface area contributed by atoms with Crippen molar-refractivity contribution in [2.24, 2.45) is 0 Å². The Hall–Kier alpha value is -4.15. The Balaban J connectivity index is 0.000000307. The van der Waals surface area contributed by atoms with Gasteiger partial charge in [0.05, 0.1) is 18.4 Å². The molecule has 0 aliphatic rings. The van der Waals surface area contributed by atoms with E-state index in [4.69, 9.17) is 4.74 Å². The maximum absolute atomic E-state index is 14.3. The fourth-order valence-electron chi connectivity index (χ4n) is 3.50. The van der Waals surface area contributed by atoms with Crippen molar-refractivity contribution < 1.29 is 28.5 Å². The zero-order valence-corrected chi connectivity index (χ0v) is 19.1. The fraction of sp³-hybridized carbons (Fsp3) is 0.0400. The van der Waals surface area contributed by atoms with Gasteiger partial charge in [-0.1, -0.05) is 18.2 Å². The van der Waals surface area contributed by atoms with Crippen LogP contribution in [0.5, 0.6) is 0 Å². The van der Waals surface area contributed by atoms with Gasteiger partial charge in [0, 0.05) is 47.0 Å². The van der Waals surface area contributed by atoms with Gasteiger partial charge < -0.3 is 19.3 Å². The van der Waals surface area contributed by atoms with Crippen LogP contribution in [0.4, 0.5) is 8.78 Å². The van der Waals surface area contributed by atoms with E-state index in [1.54, 1.807) is 54.9 Å². The Morgan fingerprint density at radius 1 is 1.06 bits per heavy atom. The van der Waals surface area contributed by atoms with E-state index in [-0.39, 0.29) is 18.2 Å². The minimum absolute atomic E-state index is 0. The average molecular weight is 497 g/mol. The molecule has 0 aliphatic heterocycles. The van der Waals surface area contributed by atoms with Gasteiger partial charge in [-0.2, -0.15) is 0 Å². The number of ether oxygens (including phenoxy) is 1. The number of aromatic nitrogens is 3. The van der Waals surface area contributed by atoms with E-state index in [1.807, 2.05) is 6.07 Å². The number of nitrogens with zero attached hydrogens (tertiary/aromatic N) is 1. The normalized spacial score (nSPS) is 11.5. The molecule has 0 bridgehead atoms. The molecular weight excluding hydrogens is 476 g/mol. The minimum Gasteiger partial charge on any atom is -0.768 e. The molecule has 5 rings (SSSR count). The molecule has 0 amide bonds. The first kappa shape index (κ1) is 24.0. The number of esters is 1. The highest BCUT2D eigenvalue weighted by Gasteiger charge is 2.21. The summed E-state index contributed by atoms with van der Waals surface area (Å²) in [5.74, 6) is -2.09. The zero-order valence-electron chi connectivity index (χ0n) is 18.2. The van der Waals surface area contributed by atoms with Gasteiger partial charge in [-0.15, -0.1) is 0 Å². The summed E-state index contributed by atoms with van der Waals surface area (Å²) in [4.78, 5) is 22.8. The van der Waals surface area contributed by atoms with Crippen molar-refractivity contribution in [1.82, 2.24) is 15.0 Å². The first-order valence-electron chi connectivity index (χ1n) is 10.2. The summed E-state index contributed by atoms with van der Waals surface area (Å²) in [5, 5.41) is 0.844. The highest BCUT2D eigenvalue weighted by atomic mass is 32.2. The number of hydrogen-bond donors (Lipinski definition) is 2. The molecule has 0 fully saturated rings. The minimum atomic E-state index is -2.08. The number of fused-ring (bicyclic) bond motifs is 1. The van der Waals surface area contributed by atoms with E-state index in [1.165, 1.54) is 13.2 Å². The Morgan fingerprint density at radius 3 is 2.49 bits per heavy atom. The smallest absolute Gasteiger partial charge is 0.340 e. The van der Waals surface area contributed by atoms with Crippen molar-refractivity contribution in [1.29, 1.82) is 0 Å². The predicted octanol–water partition coefficient (Wildman–Crippen LogP) is 5.46. The molecule has 0 aliphatic carbocycles. The monoisotopic (exact) mass is 496 g/mol. The molecule has 180 valence electrons. The summed E-state index contributed by atoms with van der Waals surface area (Å²) in [6, 6.07) is 16.7. The molecule has 7 nitrogen and oxygen atoms in total. The van der Waals surface area contributed by atoms with Crippen LogP contribution in [0.15, 0.2) is 84.0 Å². The van der Waals surface area contributed by atoms with Crippen LogP contribution in [0.25, 0.3) is 33.5 Å². The number of benzene rings is 2. The molecule has 2 N–H and O–H groups in total. The number of pyridine rings is 1. The molecule has 1 unspecified atom stereocenters. The molecule has 3 heterocycles. The second-order valence-electron chi connectivity index (χ2n) is 7.23. The molecule has 2 aromatic carbocycles. The molecule has 0 spiro atoms. The molecule has 10 heteroatoms. The second kappa shape index (κ2) is 10.4. The summed E-state index contributed by atoms with van der Waals surface area (Å²) >= 11 is -2.08. The molecule has 1 atom stereocenters. The maximum Gasteiger partial charge on any atom is 0.340 e. The summed E-state index contributed by atoms with van der Waals surface area (Å²) in [5.41, 5.74) is 2.54. The largest absolute Gasteiger partial charge is 0.768 e. The van der Waals surface area contributed by atoms with Crippen molar-refractivity contribution in [2.75, 3.05) is 7.11 Å². The third kappa shape index (κ3) is 5.18. The molecule has 35 heavy (non-hydrogen) atoms. The Morgan fingerprint density at radius 2 is 1.83 bits per heavy atom. The maximum atomic E-state index is 14.3. The first-order valence-corrected chi connectivity index (χ1v) is 11.3. The van der Waals surface area contributed by atoms with E-state index in [9.17, 15) is 22.3 Å². The van der Waals surface area contributed by atoms with E-state index in [0.717, 1.165) is 23.1 Å². The van der Waals surface area contributed by atoms with Gasteiger partial charge in [0.2, 0.25) is 0 Å². The lowest BCUT2D eigenvalue weighted by atomic mass is 10.1. The lowest BCUT2D eigenvalue weighted by Gasteiger charge is -2.05. The van der Waals surface area contributed by atoms with Gasteiger partial charge in [-0.05, 0) is 53.5 Å². The summed E-state index contributed by atoms with van der Waals surface area (Å²) in [6.45, 7) is 0. The number of aromatic amines is 2. The van der Waals surface area contributed by atoms with Gasteiger partial charge in [0.15, 0.2) is 0 Å². The number of methoxy groups -OCH3 is 1. The Labute approximate surface area is 202 Å². The molecule has 3 aromatic heterocycles. The van der Waals surface area contributed by atoms with Crippen molar-refractivity contribution >= 4 is 28.1 Å². The van der Waals surface area contributed by atoms with Crippen LogP contribution < -0.4 is 0 Å². The SMILES string of the molecule is COC(=O)c1cc(-c2ccnc3[nH]ccc23)[nH]c1-c1ccc(F)cc1F.O=S([O-])c1ccccc1.[HH]. The van der Waals surface area contributed by atoms with E-state index >= 15 is 0 Å². The highest BCUT2D eigenvalue weighted by molar-refractivity contribution is 7.79. The topological polar surface area (TPSA) is 111 Å². The zero-order chi connectivity index (χ0) is 24.9. The van der Waals surface area contributed by atoms with Gasteiger partial charge >= 0.3 is 5.97 Å². The molecular formula is C25H20F2N3O4S-. The van der Waals surface area contributed by atoms with Crippen LogP contribution in [0, 0.1) is 11.6 Å². The number of carbonyl (C=O) groups is 1. The standard InChI is InChI=1S/C19H13F2N3O2.C6H6O2S.H2/c1-26-19(25)14-9-16(11-4-6-22-18-12(11)5-7-23-18)24-17(14)13-3-2-10(20)8-15(13)21;7-9(8)6-4-2-1-3-5-6;/h2-9,24H,1H3,(H,22,23);1-5H,(H,7,8);1H/p-1. The number of carbonyl (C=O) groups excluding carboxylic acids is 1. The van der Waals surface area contributed by atoms with E-state index < -0.39 is 28.7 Å². The Kier molecular flexibility index (Phi) is 7.14. The Bertz CT molecular complexity index is 1520. The molecule has 0 saturated heterocycles. The number of hydrogen-bond acceptors (Lipinski definition) is 5. The van der Waals surface area contributed by atoms with Crippen LogP contribution in [0.2, 0.25) is 0 Å². The third-order valence-corrected chi connectivity index (χ3v) is 5.77. The van der Waals surface area contributed by atoms with Crippen molar-refractivity contribution in [2.45, 2.75) is 4.90 Å². The molecule has 0 saturated carbocycles. The van der Waals surface area contributed by atoms with Crippen LogP contribution in [-0.4, -0.2) is 36.8 Å². The fourth-order valence-corrected chi connectivity index (χ4v) is 3.88. The third-order valence-electron chi connectivity index (χ3n) is 5.11. The van der Waals surface area contributed by atoms with Gasteiger partial charge in [-0.25, -0.2) is 18.6 Å². The lowest BCUT2D eigenvalue weighted by molar-refractivity contribution is 0.0602. The quantitative estimate of drug-likeness (QED) is 0.254. The van der Waals surface area contributed by atoms with Gasteiger partial charge in [0.25, 0.3) is 0 Å². The average Bonchev–Trinajstić information content (AvgIpc) is 3.52. The van der Waals surface area contributed by atoms with Crippen LogP contribution >= 0.6 is 0 Å². The second-order valence-corrected chi connectivity index (χ2v) is 8.17. The number of rotatable bonds is 4. The van der Waals surface area contributed by atoms with Crippen LogP contribution in [0.3, 0.4) is 0 Å². The van der Waals surface area contributed by atoms with Gasteiger partial charge in [-0.3, -0.25) is 4.21 Å². The van der Waals surface area contributed by atoms with Crippen LogP contribution in [-0.2, 0) is 15.8 Å². The number of halogens is 2. The van der Waals surface area contributed by atoms with Crippen molar-refractivity contribution in [3.05, 3.63) is 96.3 Å². The molecule has 0 radical (unpaired) electrons. The lowest BCUT2D eigenvalue weighted by Crippen LogP contribution is -2.02. The van der Waals surface area contributed by atoms with Crippen LogP contribution in [0.1, 0.15) is 11.8 Å². The summed E-state index contributed by atoms with van der Waals surface area (Å²) < 4.78 is 52.7. The van der Waals surface area contributed by atoms with E-state index in [0.29, 0.717) is 16.2 Å². The summed E-state index contributed by atoms with van der Waals surface area (Å²) in [7, 11) is 1.25. The number of H-pyrrole nitrogens is 2. The number of nitrogens with one attached hydrogen (secondary N) is 2. The highest BCUT2D eigenvalue weighted by Crippen LogP contribution is 2.33. The molecule has 5 aromatic rings. The summed E-state index contributed by atoms with van der Waals surface area (Å²) in [6.07, 6.45) is 3.39. The van der Waals surface area contributed by atoms with Crippen molar-refractivity contribution in [3.8, 4) is 22.5 Å².